The van der Waals surface area contributed by atoms with Crippen molar-refractivity contribution in [2.45, 2.75) is 25.1 Å². The Morgan fingerprint density at radius 3 is 2.88 bits per heavy atom. The summed E-state index contributed by atoms with van der Waals surface area (Å²) < 4.78 is 0. The van der Waals surface area contributed by atoms with Crippen LogP contribution in [0.15, 0.2) is 4.99 Å². The molecular formula is C11H20N2S3. The average molecular weight is 276 g/mol. The molecule has 0 aliphatic carbocycles. The molecule has 0 aromatic carbocycles. The van der Waals surface area contributed by atoms with E-state index in [0.29, 0.717) is 12.0 Å². The summed E-state index contributed by atoms with van der Waals surface area (Å²) in [6, 6.07) is 0.622. The molecule has 2 aliphatic rings. The van der Waals surface area contributed by atoms with Gasteiger partial charge in [0.1, 0.15) is 0 Å². The smallest absolute Gasteiger partial charge is 0.156 e. The van der Waals surface area contributed by atoms with Crippen molar-refractivity contribution >= 4 is 40.5 Å². The summed E-state index contributed by atoms with van der Waals surface area (Å²) in [5, 5.41) is 5.45. The monoisotopic (exact) mass is 276 g/mol. The SMILES string of the molecule is CC(C)C1CSC(=NCC2CSCCS2)N1. The van der Waals surface area contributed by atoms with E-state index in [2.05, 4.69) is 42.7 Å². The first-order valence-corrected chi connectivity index (χ1v) is 9.07. The minimum absolute atomic E-state index is 0.622. The van der Waals surface area contributed by atoms with E-state index >= 15 is 0 Å². The normalized spacial score (nSPS) is 33.3. The van der Waals surface area contributed by atoms with Gasteiger partial charge >= 0.3 is 0 Å². The molecule has 0 saturated carbocycles. The Hall–Kier alpha value is 0.520. The van der Waals surface area contributed by atoms with Gasteiger partial charge in [0, 0.05) is 34.3 Å². The molecule has 2 rings (SSSR count). The molecule has 0 aromatic heterocycles. The molecule has 0 aromatic rings. The summed E-state index contributed by atoms with van der Waals surface area (Å²) in [6.07, 6.45) is 0. The van der Waals surface area contributed by atoms with Crippen molar-refractivity contribution in [2.24, 2.45) is 10.9 Å². The number of nitrogens with one attached hydrogen (secondary N) is 1. The van der Waals surface area contributed by atoms with Gasteiger partial charge in [-0.1, -0.05) is 25.6 Å². The molecule has 2 nitrogen and oxygen atoms in total. The van der Waals surface area contributed by atoms with E-state index in [1.165, 1.54) is 28.2 Å². The fraction of sp³-hybridized carbons (Fsp3) is 0.909. The Morgan fingerprint density at radius 2 is 2.25 bits per heavy atom. The van der Waals surface area contributed by atoms with Crippen LogP contribution in [0.2, 0.25) is 0 Å². The Kier molecular flexibility index (Phi) is 5.23. The van der Waals surface area contributed by atoms with Crippen LogP contribution in [0.5, 0.6) is 0 Å². The van der Waals surface area contributed by atoms with Crippen LogP contribution in [0, 0.1) is 5.92 Å². The molecule has 2 aliphatic heterocycles. The molecule has 2 saturated heterocycles. The molecule has 2 heterocycles. The predicted octanol–water partition coefficient (Wildman–Crippen LogP) is 2.55. The first-order valence-electron chi connectivity index (χ1n) is 5.89. The standard InChI is InChI=1S/C11H20N2S3/c1-8(2)10-7-16-11(13-10)12-5-9-6-14-3-4-15-9/h8-10H,3-7H2,1-2H3,(H,12,13). The first-order chi connectivity index (χ1) is 7.75. The van der Waals surface area contributed by atoms with Crippen molar-refractivity contribution in [2.75, 3.05) is 29.6 Å². The maximum atomic E-state index is 4.71. The van der Waals surface area contributed by atoms with E-state index in [0.717, 1.165) is 11.8 Å². The summed E-state index contributed by atoms with van der Waals surface area (Å²) in [4.78, 5) is 4.71. The lowest BCUT2D eigenvalue weighted by Gasteiger charge is -2.19. The second-order valence-corrected chi connectivity index (χ2v) is 8.09. The number of nitrogens with zero attached hydrogens (tertiary/aromatic N) is 1. The highest BCUT2D eigenvalue weighted by molar-refractivity contribution is 8.14. The van der Waals surface area contributed by atoms with Crippen molar-refractivity contribution in [3.05, 3.63) is 0 Å². The van der Waals surface area contributed by atoms with Crippen molar-refractivity contribution < 1.29 is 0 Å². The molecule has 16 heavy (non-hydrogen) atoms. The van der Waals surface area contributed by atoms with Gasteiger partial charge in [-0.3, -0.25) is 4.99 Å². The van der Waals surface area contributed by atoms with E-state index in [4.69, 9.17) is 4.99 Å². The van der Waals surface area contributed by atoms with Crippen LogP contribution >= 0.6 is 35.3 Å². The fourth-order valence-electron chi connectivity index (χ4n) is 1.69. The third-order valence-electron chi connectivity index (χ3n) is 2.84. The largest absolute Gasteiger partial charge is 0.361 e. The highest BCUT2D eigenvalue weighted by Gasteiger charge is 2.23. The maximum Gasteiger partial charge on any atom is 0.156 e. The number of thioether (sulfide) groups is 3. The Morgan fingerprint density at radius 1 is 1.38 bits per heavy atom. The lowest BCUT2D eigenvalue weighted by Crippen LogP contribution is -2.32. The van der Waals surface area contributed by atoms with E-state index in [1.807, 2.05) is 11.8 Å². The summed E-state index contributed by atoms with van der Waals surface area (Å²) in [5.74, 6) is 5.79. The molecule has 5 heteroatoms. The van der Waals surface area contributed by atoms with Gasteiger partial charge in [-0.25, -0.2) is 0 Å². The van der Waals surface area contributed by atoms with Crippen molar-refractivity contribution in [1.82, 2.24) is 5.32 Å². The second-order valence-electron chi connectivity index (χ2n) is 4.52. The fourth-order valence-corrected chi connectivity index (χ4v) is 5.47. The van der Waals surface area contributed by atoms with Crippen LogP contribution in [0.4, 0.5) is 0 Å². The van der Waals surface area contributed by atoms with Crippen LogP contribution in [0.1, 0.15) is 13.8 Å². The highest BCUT2D eigenvalue weighted by Crippen LogP contribution is 2.25. The average Bonchev–Trinajstić information content (AvgIpc) is 2.76. The first kappa shape index (κ1) is 13.0. The summed E-state index contributed by atoms with van der Waals surface area (Å²) >= 11 is 6.05. The van der Waals surface area contributed by atoms with E-state index in [-0.39, 0.29) is 0 Å². The number of hydrogen-bond acceptors (Lipinski definition) is 4. The molecule has 0 radical (unpaired) electrons. The predicted molar refractivity (Wildman–Crippen MR) is 80.1 cm³/mol. The molecule has 92 valence electrons. The third kappa shape index (κ3) is 3.77. The van der Waals surface area contributed by atoms with Crippen LogP contribution in [-0.2, 0) is 0 Å². The molecule has 0 spiro atoms. The lowest BCUT2D eigenvalue weighted by molar-refractivity contribution is 0.503. The summed E-state index contributed by atoms with van der Waals surface area (Å²) in [5.41, 5.74) is 0. The van der Waals surface area contributed by atoms with E-state index < -0.39 is 0 Å². The zero-order valence-electron chi connectivity index (χ0n) is 9.94. The van der Waals surface area contributed by atoms with Crippen molar-refractivity contribution in [3.63, 3.8) is 0 Å². The van der Waals surface area contributed by atoms with Gasteiger partial charge in [0.15, 0.2) is 5.17 Å². The van der Waals surface area contributed by atoms with Crippen LogP contribution < -0.4 is 5.32 Å². The molecule has 0 bridgehead atoms. The number of hydrogen-bond donors (Lipinski definition) is 1. The number of amidine groups is 1. The van der Waals surface area contributed by atoms with Crippen LogP contribution in [0.3, 0.4) is 0 Å². The van der Waals surface area contributed by atoms with Gasteiger partial charge < -0.3 is 5.32 Å². The minimum atomic E-state index is 0.622. The summed E-state index contributed by atoms with van der Waals surface area (Å²) in [6.45, 7) is 5.54. The lowest BCUT2D eigenvalue weighted by atomic mass is 10.1. The molecule has 1 N–H and O–H groups in total. The molecule has 2 unspecified atom stereocenters. The topological polar surface area (TPSA) is 24.4 Å². The van der Waals surface area contributed by atoms with Gasteiger partial charge in [0.2, 0.25) is 0 Å². The zero-order chi connectivity index (χ0) is 11.4. The third-order valence-corrected chi connectivity index (χ3v) is 6.71. The van der Waals surface area contributed by atoms with E-state index in [9.17, 15) is 0 Å². The molecule has 0 amide bonds. The highest BCUT2D eigenvalue weighted by atomic mass is 32.2. The number of aliphatic imine (C=N–C) groups is 1. The van der Waals surface area contributed by atoms with Gasteiger partial charge in [0.25, 0.3) is 0 Å². The Labute approximate surface area is 111 Å². The van der Waals surface area contributed by atoms with Gasteiger partial charge in [0.05, 0.1) is 6.54 Å². The van der Waals surface area contributed by atoms with Crippen molar-refractivity contribution in [1.29, 1.82) is 0 Å². The van der Waals surface area contributed by atoms with Crippen molar-refractivity contribution in [3.8, 4) is 0 Å². The molecular weight excluding hydrogens is 256 g/mol. The zero-order valence-corrected chi connectivity index (χ0v) is 12.4. The quantitative estimate of drug-likeness (QED) is 0.856. The second kappa shape index (κ2) is 6.45. The Balaban J connectivity index is 1.75. The Bertz CT molecular complexity index is 250. The minimum Gasteiger partial charge on any atom is -0.361 e. The molecule has 2 atom stereocenters. The van der Waals surface area contributed by atoms with Crippen LogP contribution in [-0.4, -0.2) is 46.0 Å². The van der Waals surface area contributed by atoms with Gasteiger partial charge in [-0.05, 0) is 5.92 Å². The number of rotatable bonds is 3. The van der Waals surface area contributed by atoms with Crippen LogP contribution in [0.25, 0.3) is 0 Å². The molecule has 2 fully saturated rings. The van der Waals surface area contributed by atoms with Gasteiger partial charge in [-0.15, -0.1) is 0 Å². The summed E-state index contributed by atoms with van der Waals surface area (Å²) in [7, 11) is 0. The maximum absolute atomic E-state index is 4.71. The van der Waals surface area contributed by atoms with E-state index in [1.54, 1.807) is 0 Å². The van der Waals surface area contributed by atoms with Gasteiger partial charge in [-0.2, -0.15) is 23.5 Å².